The summed E-state index contributed by atoms with van der Waals surface area (Å²) < 4.78 is 10.6. The molecular weight excluding hydrogens is 428 g/mol. The van der Waals surface area contributed by atoms with Crippen molar-refractivity contribution in [2.45, 2.75) is 19.3 Å². The van der Waals surface area contributed by atoms with Gasteiger partial charge in [-0.2, -0.15) is 0 Å². The van der Waals surface area contributed by atoms with Gasteiger partial charge in [0.2, 0.25) is 23.7 Å². The number of amides is 2. The van der Waals surface area contributed by atoms with E-state index in [4.69, 9.17) is 9.47 Å². The molecule has 0 aliphatic carbocycles. The normalized spacial score (nSPS) is 17.3. The minimum atomic E-state index is -0.311. The lowest BCUT2D eigenvalue weighted by molar-refractivity contribution is -0.117. The summed E-state index contributed by atoms with van der Waals surface area (Å²) in [4.78, 5) is 26.6. The zero-order valence-electron chi connectivity index (χ0n) is 17.3. The molecule has 2 aliphatic rings. The summed E-state index contributed by atoms with van der Waals surface area (Å²) in [6, 6.07) is 13.3. The smallest absolute Gasteiger partial charge is 0.250 e. The summed E-state index contributed by atoms with van der Waals surface area (Å²) in [7, 11) is 0. The van der Waals surface area contributed by atoms with Crippen LogP contribution in [0.2, 0.25) is 0 Å². The first-order chi connectivity index (χ1) is 15.5. The molecule has 5 rings (SSSR count). The average Bonchev–Trinajstić information content (AvgIpc) is 3.52. The lowest BCUT2D eigenvalue weighted by Crippen LogP contribution is -2.24. The fraction of sp³-hybridized carbons (Fsp3) is 0.217. The number of aromatic nitrogens is 2. The standard InChI is InChI=1S/C23H20N4O4S/c1-14-2-6-17(7-3-14)27-12-16(11-21(27)29)22-25-26-23(32-22)24-20(28)9-5-15-4-8-18-19(10-15)31-13-30-18/h2-10,16H,11-13H2,1H3,(H,24,26,28)/b9-5+. The van der Waals surface area contributed by atoms with E-state index in [1.54, 1.807) is 17.0 Å². The summed E-state index contributed by atoms with van der Waals surface area (Å²) in [5.41, 5.74) is 2.85. The molecule has 0 spiro atoms. The Balaban J connectivity index is 1.21. The van der Waals surface area contributed by atoms with Gasteiger partial charge in [-0.3, -0.25) is 14.9 Å². The Kier molecular flexibility index (Phi) is 5.32. The highest BCUT2D eigenvalue weighted by atomic mass is 32.1. The quantitative estimate of drug-likeness (QED) is 0.598. The van der Waals surface area contributed by atoms with Crippen LogP contribution >= 0.6 is 11.3 Å². The summed E-state index contributed by atoms with van der Waals surface area (Å²) in [6.07, 6.45) is 3.49. The molecule has 2 aliphatic heterocycles. The number of rotatable bonds is 5. The van der Waals surface area contributed by atoms with E-state index in [0.717, 1.165) is 21.8 Å². The second-order valence-electron chi connectivity index (χ2n) is 7.62. The zero-order valence-corrected chi connectivity index (χ0v) is 18.1. The van der Waals surface area contributed by atoms with Crippen molar-refractivity contribution in [3.63, 3.8) is 0 Å². The Morgan fingerprint density at radius 1 is 1.16 bits per heavy atom. The summed E-state index contributed by atoms with van der Waals surface area (Å²) in [5, 5.41) is 12.2. The Bertz CT molecular complexity index is 1200. The topological polar surface area (TPSA) is 93.7 Å². The predicted molar refractivity (Wildman–Crippen MR) is 121 cm³/mol. The summed E-state index contributed by atoms with van der Waals surface area (Å²) in [5.74, 6) is 1.06. The Labute approximate surface area is 188 Å². The van der Waals surface area contributed by atoms with Crippen LogP contribution in [0.4, 0.5) is 10.8 Å². The fourth-order valence-corrected chi connectivity index (χ4v) is 4.47. The third-order valence-corrected chi connectivity index (χ3v) is 6.32. The van der Waals surface area contributed by atoms with E-state index in [1.807, 2.05) is 43.3 Å². The van der Waals surface area contributed by atoms with E-state index in [0.29, 0.717) is 29.6 Å². The molecule has 0 radical (unpaired) electrons. The van der Waals surface area contributed by atoms with Crippen molar-refractivity contribution in [3.05, 3.63) is 64.7 Å². The molecule has 1 aromatic heterocycles. The van der Waals surface area contributed by atoms with Gasteiger partial charge in [-0.25, -0.2) is 0 Å². The van der Waals surface area contributed by atoms with Gasteiger partial charge in [-0.1, -0.05) is 35.1 Å². The number of carbonyl (C=O) groups excluding carboxylic acids is 2. The molecule has 1 atom stereocenters. The largest absolute Gasteiger partial charge is 0.454 e. The van der Waals surface area contributed by atoms with Gasteiger partial charge < -0.3 is 14.4 Å². The maximum absolute atomic E-state index is 12.5. The van der Waals surface area contributed by atoms with Gasteiger partial charge in [0.05, 0.1) is 0 Å². The van der Waals surface area contributed by atoms with Crippen LogP contribution in [-0.4, -0.2) is 35.3 Å². The molecule has 162 valence electrons. The van der Waals surface area contributed by atoms with Crippen molar-refractivity contribution < 1.29 is 19.1 Å². The van der Waals surface area contributed by atoms with Gasteiger partial charge in [-0.15, -0.1) is 10.2 Å². The molecule has 1 fully saturated rings. The molecule has 3 heterocycles. The van der Waals surface area contributed by atoms with Crippen LogP contribution in [0.1, 0.15) is 28.5 Å². The molecule has 1 N–H and O–H groups in total. The van der Waals surface area contributed by atoms with Gasteiger partial charge in [0.15, 0.2) is 11.5 Å². The summed E-state index contributed by atoms with van der Waals surface area (Å²) in [6.45, 7) is 2.77. The van der Waals surface area contributed by atoms with Gasteiger partial charge in [0, 0.05) is 30.6 Å². The number of benzene rings is 2. The highest BCUT2D eigenvalue weighted by Crippen LogP contribution is 2.35. The number of ether oxygens (including phenoxy) is 2. The molecule has 9 heteroatoms. The van der Waals surface area contributed by atoms with Crippen LogP contribution in [0.15, 0.2) is 48.5 Å². The van der Waals surface area contributed by atoms with E-state index in [-0.39, 0.29) is 24.5 Å². The van der Waals surface area contributed by atoms with Crippen molar-refractivity contribution in [1.29, 1.82) is 0 Å². The van der Waals surface area contributed by atoms with Gasteiger partial charge in [0.1, 0.15) is 5.01 Å². The molecule has 2 amide bonds. The number of fused-ring (bicyclic) bond motifs is 1. The molecule has 0 bridgehead atoms. The monoisotopic (exact) mass is 448 g/mol. The SMILES string of the molecule is Cc1ccc(N2CC(c3nnc(NC(=O)/C=C/c4ccc5c(c4)OCO5)s3)CC2=O)cc1. The van der Waals surface area contributed by atoms with E-state index in [1.165, 1.54) is 17.4 Å². The van der Waals surface area contributed by atoms with Gasteiger partial charge in [0.25, 0.3) is 0 Å². The Morgan fingerprint density at radius 2 is 1.97 bits per heavy atom. The maximum Gasteiger partial charge on any atom is 0.250 e. The van der Waals surface area contributed by atoms with Crippen LogP contribution in [0.3, 0.4) is 0 Å². The van der Waals surface area contributed by atoms with Gasteiger partial charge in [-0.05, 0) is 42.8 Å². The van der Waals surface area contributed by atoms with E-state index in [2.05, 4.69) is 15.5 Å². The number of nitrogens with zero attached hydrogens (tertiary/aromatic N) is 3. The second kappa shape index (κ2) is 8.43. The fourth-order valence-electron chi connectivity index (χ4n) is 3.63. The maximum atomic E-state index is 12.5. The van der Waals surface area contributed by atoms with Crippen LogP contribution < -0.4 is 19.7 Å². The van der Waals surface area contributed by atoms with Gasteiger partial charge >= 0.3 is 0 Å². The molecule has 8 nitrogen and oxygen atoms in total. The molecule has 1 saturated heterocycles. The van der Waals surface area contributed by atoms with Crippen molar-refractivity contribution in [2.24, 2.45) is 0 Å². The molecule has 32 heavy (non-hydrogen) atoms. The van der Waals surface area contributed by atoms with Crippen LogP contribution in [0, 0.1) is 6.92 Å². The second-order valence-corrected chi connectivity index (χ2v) is 8.63. The van der Waals surface area contributed by atoms with E-state index in [9.17, 15) is 9.59 Å². The van der Waals surface area contributed by atoms with Crippen LogP contribution in [0.5, 0.6) is 11.5 Å². The minimum Gasteiger partial charge on any atom is -0.454 e. The van der Waals surface area contributed by atoms with Crippen molar-refractivity contribution in [2.75, 3.05) is 23.6 Å². The zero-order chi connectivity index (χ0) is 22.1. The first-order valence-corrected chi connectivity index (χ1v) is 11.0. The van der Waals surface area contributed by atoms with E-state index >= 15 is 0 Å². The molecular formula is C23H20N4O4S. The third-order valence-electron chi connectivity index (χ3n) is 5.31. The van der Waals surface area contributed by atoms with Crippen LogP contribution in [0.25, 0.3) is 6.08 Å². The molecule has 1 unspecified atom stereocenters. The third kappa shape index (κ3) is 4.19. The first-order valence-electron chi connectivity index (χ1n) is 10.1. The van der Waals surface area contributed by atoms with Crippen molar-refractivity contribution >= 4 is 40.0 Å². The van der Waals surface area contributed by atoms with Crippen molar-refractivity contribution in [3.8, 4) is 11.5 Å². The van der Waals surface area contributed by atoms with Crippen molar-refractivity contribution in [1.82, 2.24) is 10.2 Å². The minimum absolute atomic E-state index is 0.0453. The number of hydrogen-bond donors (Lipinski definition) is 1. The summed E-state index contributed by atoms with van der Waals surface area (Å²) >= 11 is 1.29. The molecule has 2 aromatic carbocycles. The predicted octanol–water partition coefficient (Wildman–Crippen LogP) is 3.75. The Morgan fingerprint density at radius 3 is 2.81 bits per heavy atom. The number of aryl methyl sites for hydroxylation is 1. The highest BCUT2D eigenvalue weighted by Gasteiger charge is 2.33. The highest BCUT2D eigenvalue weighted by molar-refractivity contribution is 7.15. The first kappa shape index (κ1) is 20.2. The number of hydrogen-bond acceptors (Lipinski definition) is 7. The number of anilines is 2. The van der Waals surface area contributed by atoms with E-state index < -0.39 is 0 Å². The number of nitrogens with one attached hydrogen (secondary N) is 1. The Hall–Kier alpha value is -3.72. The lowest BCUT2D eigenvalue weighted by atomic mass is 10.1. The average molecular weight is 449 g/mol. The number of carbonyl (C=O) groups is 2. The molecule has 0 saturated carbocycles. The lowest BCUT2D eigenvalue weighted by Gasteiger charge is -2.16. The van der Waals surface area contributed by atoms with Crippen LogP contribution in [-0.2, 0) is 9.59 Å². The molecule has 3 aromatic rings.